The normalized spacial score (nSPS) is 12.1. The first-order valence-corrected chi connectivity index (χ1v) is 10.2. The molecule has 0 fully saturated rings. The number of allylic oxidation sites excluding steroid dienone is 1. The van der Waals surface area contributed by atoms with E-state index in [1.165, 1.54) is 15.3 Å². The van der Waals surface area contributed by atoms with Crippen LogP contribution in [-0.4, -0.2) is 39.6 Å². The number of H-pyrrole nitrogens is 1. The van der Waals surface area contributed by atoms with Crippen LogP contribution in [0, 0.1) is 0 Å². The number of benzene rings is 1. The van der Waals surface area contributed by atoms with Gasteiger partial charge >= 0.3 is 0 Å². The molecule has 8 nitrogen and oxygen atoms in total. The van der Waals surface area contributed by atoms with Gasteiger partial charge in [0.15, 0.2) is 0 Å². The van der Waals surface area contributed by atoms with Gasteiger partial charge in [0, 0.05) is 25.2 Å². The molecule has 2 heterocycles. The maximum Gasteiger partial charge on any atom is 0.276 e. The zero-order valence-electron chi connectivity index (χ0n) is 17.6. The Bertz CT molecular complexity index is 1280. The van der Waals surface area contributed by atoms with Crippen LogP contribution in [0.5, 0.6) is 0 Å². The number of aromatic nitrogens is 3. The molecule has 0 spiro atoms. The van der Waals surface area contributed by atoms with Crippen molar-refractivity contribution in [3.63, 3.8) is 0 Å². The van der Waals surface area contributed by atoms with Crippen molar-refractivity contribution in [1.29, 1.82) is 0 Å². The summed E-state index contributed by atoms with van der Waals surface area (Å²) in [5, 5.41) is 6.52. The Balaban J connectivity index is 2.04. The van der Waals surface area contributed by atoms with Gasteiger partial charge in [0.1, 0.15) is 6.54 Å². The first-order chi connectivity index (χ1) is 14.8. The molecule has 0 aliphatic rings. The van der Waals surface area contributed by atoms with Crippen LogP contribution < -0.4 is 16.4 Å². The molecule has 162 valence electrons. The average Bonchev–Trinajstić information content (AvgIpc) is 3.02. The van der Waals surface area contributed by atoms with Gasteiger partial charge in [-0.1, -0.05) is 36.7 Å². The molecule has 0 saturated heterocycles. The summed E-state index contributed by atoms with van der Waals surface area (Å²) in [5.74, 6) is -0.366. The van der Waals surface area contributed by atoms with Gasteiger partial charge < -0.3 is 5.32 Å². The number of hydrogen-bond acceptors (Lipinski definition) is 4. The van der Waals surface area contributed by atoms with Crippen LogP contribution in [-0.2, 0) is 18.4 Å². The van der Waals surface area contributed by atoms with Crippen molar-refractivity contribution < 1.29 is 4.79 Å². The van der Waals surface area contributed by atoms with Crippen molar-refractivity contribution >= 4 is 34.1 Å². The molecule has 3 aromatic rings. The van der Waals surface area contributed by atoms with Crippen LogP contribution in [0.3, 0.4) is 0 Å². The van der Waals surface area contributed by atoms with Crippen molar-refractivity contribution in [3.8, 4) is 11.3 Å². The van der Waals surface area contributed by atoms with Crippen molar-refractivity contribution in [1.82, 2.24) is 19.7 Å². The van der Waals surface area contributed by atoms with Gasteiger partial charge in [-0.2, -0.15) is 0 Å². The minimum absolute atomic E-state index is 0.241. The molecule has 0 aliphatic carbocycles. The molecule has 0 unspecified atom stereocenters. The first-order valence-electron chi connectivity index (χ1n) is 9.83. The van der Waals surface area contributed by atoms with E-state index >= 15 is 0 Å². The van der Waals surface area contributed by atoms with Crippen LogP contribution in [0.25, 0.3) is 22.2 Å². The maximum atomic E-state index is 12.9. The number of carbonyl (C=O) groups excluding carboxylic acids is 1. The molecule has 1 aromatic carbocycles. The SMILES string of the molecule is CC/C=C\C(CNC(=O)Cn1c(-c2ccc(Cl)cc2)c2c(=O)n(C)[nH]c2cc1=O)=NC. The van der Waals surface area contributed by atoms with Crippen LogP contribution >= 0.6 is 11.6 Å². The van der Waals surface area contributed by atoms with Crippen LogP contribution in [0.2, 0.25) is 5.02 Å². The largest absolute Gasteiger partial charge is 0.349 e. The van der Waals surface area contributed by atoms with Crippen LogP contribution in [0.15, 0.2) is 57.1 Å². The molecule has 2 aromatic heterocycles. The highest BCUT2D eigenvalue weighted by Gasteiger charge is 2.19. The molecule has 31 heavy (non-hydrogen) atoms. The van der Waals surface area contributed by atoms with E-state index in [-0.39, 0.29) is 24.6 Å². The number of amides is 1. The summed E-state index contributed by atoms with van der Waals surface area (Å²) in [7, 11) is 3.23. The Morgan fingerprint density at radius 3 is 2.61 bits per heavy atom. The summed E-state index contributed by atoms with van der Waals surface area (Å²) in [6, 6.07) is 8.10. The summed E-state index contributed by atoms with van der Waals surface area (Å²) in [4.78, 5) is 42.4. The number of nitrogens with zero attached hydrogens (tertiary/aromatic N) is 3. The van der Waals surface area contributed by atoms with Gasteiger partial charge in [0.2, 0.25) is 5.91 Å². The second kappa shape index (κ2) is 9.61. The molecule has 2 N–H and O–H groups in total. The fourth-order valence-electron chi connectivity index (χ4n) is 3.27. The van der Waals surface area contributed by atoms with Gasteiger partial charge in [-0.15, -0.1) is 0 Å². The monoisotopic (exact) mass is 441 g/mol. The Hall–Kier alpha value is -3.39. The third-order valence-electron chi connectivity index (χ3n) is 4.84. The second-order valence-electron chi connectivity index (χ2n) is 6.99. The quantitative estimate of drug-likeness (QED) is 0.551. The van der Waals surface area contributed by atoms with Gasteiger partial charge in [-0.05, 0) is 30.2 Å². The number of rotatable bonds is 7. The smallest absolute Gasteiger partial charge is 0.276 e. The minimum atomic E-state index is -0.398. The van der Waals surface area contributed by atoms with E-state index < -0.39 is 5.56 Å². The van der Waals surface area contributed by atoms with E-state index in [9.17, 15) is 14.4 Å². The highest BCUT2D eigenvalue weighted by molar-refractivity contribution is 6.30. The lowest BCUT2D eigenvalue weighted by molar-refractivity contribution is -0.121. The Kier molecular flexibility index (Phi) is 6.91. The number of hydrogen-bond donors (Lipinski definition) is 2. The Morgan fingerprint density at radius 1 is 1.26 bits per heavy atom. The molecular formula is C22H24ClN5O3. The number of aryl methyl sites for hydroxylation is 1. The molecule has 0 saturated carbocycles. The molecule has 1 amide bonds. The topological polar surface area (TPSA) is 101 Å². The van der Waals surface area contributed by atoms with Crippen LogP contribution in [0.1, 0.15) is 13.3 Å². The lowest BCUT2D eigenvalue weighted by atomic mass is 10.1. The van der Waals surface area contributed by atoms with E-state index in [1.807, 2.05) is 19.1 Å². The van der Waals surface area contributed by atoms with Crippen molar-refractivity contribution in [2.45, 2.75) is 19.9 Å². The van der Waals surface area contributed by atoms with Gasteiger partial charge in [-0.25, -0.2) is 0 Å². The van der Waals surface area contributed by atoms with Crippen molar-refractivity contribution in [2.24, 2.45) is 12.0 Å². The number of aliphatic imine (C=N–C) groups is 1. The standard InChI is InChI=1S/C22H24ClN5O3/c1-4-5-6-16(24-2)12-25-18(29)13-28-19(30)11-17-20(22(31)27(3)26-17)21(28)14-7-9-15(23)10-8-14/h5-11,26H,4,12-13H2,1-3H3,(H,25,29)/b6-5-,24-16?. The molecule has 0 atom stereocenters. The Morgan fingerprint density at radius 2 is 1.97 bits per heavy atom. The van der Waals surface area contributed by atoms with Gasteiger partial charge in [0.05, 0.1) is 28.9 Å². The third kappa shape index (κ3) is 4.86. The molecule has 0 bridgehead atoms. The number of carbonyl (C=O) groups is 1. The highest BCUT2D eigenvalue weighted by atomic mass is 35.5. The lowest BCUT2D eigenvalue weighted by Crippen LogP contribution is -2.35. The van der Waals surface area contributed by atoms with E-state index in [4.69, 9.17) is 11.6 Å². The third-order valence-corrected chi connectivity index (χ3v) is 5.09. The maximum absolute atomic E-state index is 12.9. The fourth-order valence-corrected chi connectivity index (χ4v) is 3.40. The molecule has 0 radical (unpaired) electrons. The van der Waals surface area contributed by atoms with Crippen molar-refractivity contribution in [3.05, 3.63) is 68.2 Å². The highest BCUT2D eigenvalue weighted by Crippen LogP contribution is 2.26. The molecule has 3 rings (SSSR count). The predicted octanol–water partition coefficient (Wildman–Crippen LogP) is 2.50. The average molecular weight is 442 g/mol. The van der Waals surface area contributed by atoms with E-state index in [2.05, 4.69) is 15.4 Å². The van der Waals surface area contributed by atoms with Gasteiger partial charge in [0.25, 0.3) is 11.1 Å². The van der Waals surface area contributed by atoms with E-state index in [1.54, 1.807) is 38.4 Å². The zero-order chi connectivity index (χ0) is 22.5. The number of halogens is 1. The zero-order valence-corrected chi connectivity index (χ0v) is 18.4. The van der Waals surface area contributed by atoms with Crippen molar-refractivity contribution in [2.75, 3.05) is 13.6 Å². The second-order valence-corrected chi connectivity index (χ2v) is 7.43. The van der Waals surface area contributed by atoms with Gasteiger partial charge in [-0.3, -0.25) is 33.7 Å². The predicted molar refractivity (Wildman–Crippen MR) is 124 cm³/mol. The summed E-state index contributed by atoms with van der Waals surface area (Å²) in [6.07, 6.45) is 4.66. The number of aromatic amines is 1. The molecule has 0 aliphatic heterocycles. The summed E-state index contributed by atoms with van der Waals surface area (Å²) < 4.78 is 2.61. The summed E-state index contributed by atoms with van der Waals surface area (Å²) in [5.41, 5.74) is 1.41. The Labute approximate surface area is 183 Å². The minimum Gasteiger partial charge on any atom is -0.349 e. The first kappa shape index (κ1) is 22.3. The number of nitrogens with one attached hydrogen (secondary N) is 2. The van der Waals surface area contributed by atoms with E-state index in [0.717, 1.165) is 12.1 Å². The number of fused-ring (bicyclic) bond motifs is 1. The number of pyridine rings is 1. The fraction of sp³-hybridized carbons (Fsp3) is 0.273. The van der Waals surface area contributed by atoms with E-state index in [0.29, 0.717) is 27.2 Å². The molecule has 9 heteroatoms. The van der Waals surface area contributed by atoms with Crippen LogP contribution in [0.4, 0.5) is 0 Å². The lowest BCUT2D eigenvalue weighted by Gasteiger charge is -2.14. The summed E-state index contributed by atoms with van der Waals surface area (Å²) >= 11 is 6.01. The summed E-state index contributed by atoms with van der Waals surface area (Å²) in [6.45, 7) is 2.01. The molecular weight excluding hydrogens is 418 g/mol.